The fourth-order valence-electron chi connectivity index (χ4n) is 2.96. The van der Waals surface area contributed by atoms with Crippen molar-refractivity contribution in [1.82, 2.24) is 4.90 Å². The van der Waals surface area contributed by atoms with Crippen molar-refractivity contribution in [2.45, 2.75) is 44.8 Å². The van der Waals surface area contributed by atoms with E-state index in [9.17, 15) is 19.8 Å². The number of fused-ring (bicyclic) bond motifs is 1. The molecule has 0 radical (unpaired) electrons. The molecular weight excluding hydrogens is 238 g/mol. The number of rotatable bonds is 2. The van der Waals surface area contributed by atoms with Gasteiger partial charge in [-0.05, 0) is 33.6 Å². The molecule has 2 N–H and O–H groups in total. The molecule has 0 aromatic heterocycles. The first kappa shape index (κ1) is 13.1. The maximum absolute atomic E-state index is 12.0. The number of aliphatic carboxylic acids is 1. The van der Waals surface area contributed by atoms with Crippen LogP contribution in [0.25, 0.3) is 0 Å². The summed E-state index contributed by atoms with van der Waals surface area (Å²) >= 11 is 0. The fourth-order valence-corrected chi connectivity index (χ4v) is 2.96. The van der Waals surface area contributed by atoms with Gasteiger partial charge in [0.2, 0.25) is 0 Å². The van der Waals surface area contributed by atoms with Crippen LogP contribution in [0.5, 0.6) is 0 Å². The molecule has 2 bridgehead atoms. The van der Waals surface area contributed by atoms with E-state index in [0.717, 1.165) is 0 Å². The minimum absolute atomic E-state index is 0.0959. The summed E-state index contributed by atoms with van der Waals surface area (Å²) in [6.45, 7) is 5.37. The monoisotopic (exact) mass is 257 g/mol. The maximum Gasteiger partial charge on any atom is 0.411 e. The molecular formula is C12H19NO5. The Kier molecular flexibility index (Phi) is 2.63. The molecule has 0 aromatic carbocycles. The molecule has 6 heteroatoms. The van der Waals surface area contributed by atoms with Crippen LogP contribution in [0.3, 0.4) is 0 Å². The van der Waals surface area contributed by atoms with E-state index in [-0.39, 0.29) is 13.2 Å². The first-order valence-electron chi connectivity index (χ1n) is 5.99. The van der Waals surface area contributed by atoms with Crippen LogP contribution >= 0.6 is 0 Å². The van der Waals surface area contributed by atoms with Crippen LogP contribution in [0.2, 0.25) is 0 Å². The van der Waals surface area contributed by atoms with Crippen molar-refractivity contribution in [2.75, 3.05) is 13.2 Å². The number of carbonyl (C=O) groups excluding carboxylic acids is 1. The standard InChI is InChI=1S/C12H19NO5/c1-10(2,3)18-9(17)13-6-11(7-14)4-12(13,5-11)8(15)16/h14H,4-7H2,1-3H3,(H,15,16). The van der Waals surface area contributed by atoms with Crippen LogP contribution in [0, 0.1) is 5.41 Å². The van der Waals surface area contributed by atoms with E-state index in [2.05, 4.69) is 0 Å². The van der Waals surface area contributed by atoms with E-state index in [0.29, 0.717) is 12.8 Å². The molecule has 1 saturated carbocycles. The largest absolute Gasteiger partial charge is 0.479 e. The predicted octanol–water partition coefficient (Wildman–Crippen LogP) is 0.833. The second-order valence-corrected chi connectivity index (χ2v) is 6.41. The lowest BCUT2D eigenvalue weighted by atomic mass is 9.62. The predicted molar refractivity (Wildman–Crippen MR) is 62.1 cm³/mol. The summed E-state index contributed by atoms with van der Waals surface area (Å²) in [4.78, 5) is 24.7. The van der Waals surface area contributed by atoms with Gasteiger partial charge >= 0.3 is 12.1 Å². The van der Waals surface area contributed by atoms with E-state index in [1.165, 1.54) is 4.90 Å². The van der Waals surface area contributed by atoms with Crippen molar-refractivity contribution in [2.24, 2.45) is 5.41 Å². The number of hydrogen-bond donors (Lipinski definition) is 2. The summed E-state index contributed by atoms with van der Waals surface area (Å²) in [7, 11) is 0. The summed E-state index contributed by atoms with van der Waals surface area (Å²) in [6, 6.07) is 0. The first-order valence-corrected chi connectivity index (χ1v) is 5.99. The highest BCUT2D eigenvalue weighted by atomic mass is 16.6. The second kappa shape index (κ2) is 3.60. The molecule has 2 aliphatic heterocycles. The molecule has 2 heterocycles. The van der Waals surface area contributed by atoms with Crippen LogP contribution in [-0.4, -0.2) is 51.5 Å². The zero-order valence-corrected chi connectivity index (χ0v) is 10.9. The Hall–Kier alpha value is -1.30. The lowest BCUT2D eigenvalue weighted by Gasteiger charge is -2.43. The van der Waals surface area contributed by atoms with E-state index in [1.54, 1.807) is 20.8 Å². The van der Waals surface area contributed by atoms with Crippen molar-refractivity contribution >= 4 is 12.1 Å². The van der Waals surface area contributed by atoms with Crippen molar-refractivity contribution in [3.8, 4) is 0 Å². The van der Waals surface area contributed by atoms with Crippen molar-refractivity contribution in [3.63, 3.8) is 0 Å². The van der Waals surface area contributed by atoms with Gasteiger partial charge in [0.15, 0.2) is 0 Å². The SMILES string of the molecule is CC(C)(C)OC(=O)N1CC2(CO)CC1(C(=O)O)C2. The van der Waals surface area contributed by atoms with E-state index in [1.807, 2.05) is 0 Å². The summed E-state index contributed by atoms with van der Waals surface area (Å²) in [5, 5.41) is 18.6. The Labute approximate surface area is 106 Å². The number of carbonyl (C=O) groups is 2. The molecule has 0 aromatic rings. The number of aliphatic hydroxyl groups excluding tert-OH is 1. The smallest absolute Gasteiger partial charge is 0.411 e. The number of aliphatic hydroxyl groups is 1. The van der Waals surface area contributed by atoms with Crippen LogP contribution in [0.1, 0.15) is 33.6 Å². The number of ether oxygens (including phenoxy) is 1. The third-order valence-electron chi connectivity index (χ3n) is 3.69. The van der Waals surface area contributed by atoms with Gasteiger partial charge in [-0.3, -0.25) is 4.90 Å². The number of nitrogens with zero attached hydrogens (tertiary/aromatic N) is 1. The van der Waals surface area contributed by atoms with E-state index < -0.39 is 28.6 Å². The van der Waals surface area contributed by atoms with E-state index in [4.69, 9.17) is 4.74 Å². The highest BCUT2D eigenvalue weighted by molar-refractivity contribution is 5.87. The average molecular weight is 257 g/mol. The summed E-state index contributed by atoms with van der Waals surface area (Å²) < 4.78 is 5.23. The van der Waals surface area contributed by atoms with Crippen LogP contribution in [-0.2, 0) is 9.53 Å². The highest BCUT2D eigenvalue weighted by Crippen LogP contribution is 2.59. The summed E-state index contributed by atoms with van der Waals surface area (Å²) in [5.41, 5.74) is -2.28. The van der Waals surface area contributed by atoms with Crippen LogP contribution < -0.4 is 0 Å². The maximum atomic E-state index is 12.0. The zero-order valence-electron chi connectivity index (χ0n) is 10.9. The Bertz CT molecular complexity index is 392. The summed E-state index contributed by atoms with van der Waals surface area (Å²) in [5.74, 6) is -1.02. The average Bonchev–Trinajstić information content (AvgIpc) is 2.64. The lowest BCUT2D eigenvalue weighted by molar-refractivity contribution is -0.155. The molecule has 102 valence electrons. The number of carboxylic acid groups (broad SMARTS) is 1. The molecule has 0 atom stereocenters. The van der Waals surface area contributed by atoms with Crippen LogP contribution in [0.4, 0.5) is 4.79 Å². The van der Waals surface area contributed by atoms with Crippen molar-refractivity contribution < 1.29 is 24.5 Å². The topological polar surface area (TPSA) is 87.1 Å². The molecule has 2 saturated heterocycles. The second-order valence-electron chi connectivity index (χ2n) is 6.41. The normalized spacial score (nSPS) is 34.1. The Balaban J connectivity index is 2.18. The van der Waals surface area contributed by atoms with Gasteiger partial charge in [-0.2, -0.15) is 0 Å². The minimum atomic E-state index is -1.18. The molecule has 6 nitrogen and oxygen atoms in total. The Morgan fingerprint density at radius 3 is 2.28 bits per heavy atom. The molecule has 3 fully saturated rings. The first-order chi connectivity index (χ1) is 8.14. The third kappa shape index (κ3) is 1.75. The number of amides is 1. The zero-order chi connectivity index (χ0) is 13.8. The minimum Gasteiger partial charge on any atom is -0.479 e. The molecule has 0 unspecified atom stereocenters. The molecule has 3 aliphatic rings. The lowest BCUT2D eigenvalue weighted by Crippen LogP contribution is -2.57. The molecule has 1 aliphatic carbocycles. The van der Waals surface area contributed by atoms with Crippen molar-refractivity contribution in [1.29, 1.82) is 0 Å². The quantitative estimate of drug-likeness (QED) is 0.765. The highest BCUT2D eigenvalue weighted by Gasteiger charge is 2.71. The Morgan fingerprint density at radius 2 is 1.89 bits per heavy atom. The Morgan fingerprint density at radius 1 is 1.33 bits per heavy atom. The van der Waals surface area contributed by atoms with Gasteiger partial charge < -0.3 is 14.9 Å². The van der Waals surface area contributed by atoms with Gasteiger partial charge in [-0.15, -0.1) is 0 Å². The number of carboxylic acids is 1. The van der Waals surface area contributed by atoms with Gasteiger partial charge in [0.25, 0.3) is 0 Å². The molecule has 1 amide bonds. The fraction of sp³-hybridized carbons (Fsp3) is 0.833. The van der Waals surface area contributed by atoms with Crippen molar-refractivity contribution in [3.05, 3.63) is 0 Å². The number of hydrogen-bond acceptors (Lipinski definition) is 4. The third-order valence-corrected chi connectivity index (χ3v) is 3.69. The van der Waals surface area contributed by atoms with Gasteiger partial charge in [-0.1, -0.05) is 0 Å². The van der Waals surface area contributed by atoms with Gasteiger partial charge in [0, 0.05) is 12.0 Å². The molecule has 18 heavy (non-hydrogen) atoms. The van der Waals surface area contributed by atoms with Gasteiger partial charge in [0.05, 0.1) is 6.61 Å². The van der Waals surface area contributed by atoms with Gasteiger partial charge in [-0.25, -0.2) is 9.59 Å². The van der Waals surface area contributed by atoms with Crippen LogP contribution in [0.15, 0.2) is 0 Å². The molecule has 3 rings (SSSR count). The molecule has 0 spiro atoms. The summed E-state index contributed by atoms with van der Waals surface area (Å²) in [6.07, 6.45) is 0.00797. The van der Waals surface area contributed by atoms with Gasteiger partial charge in [0.1, 0.15) is 11.1 Å². The van der Waals surface area contributed by atoms with E-state index >= 15 is 0 Å².